The summed E-state index contributed by atoms with van der Waals surface area (Å²) in [5.41, 5.74) is 9.30. The quantitative estimate of drug-likeness (QED) is 0.0653. The number of benzene rings is 9. The maximum absolute atomic E-state index is 14.2. The monoisotopic (exact) mass is 1850 g/mol. The molecule has 724 valence electrons. The predicted octanol–water partition coefficient (Wildman–Crippen LogP) is 35.3. The van der Waals surface area contributed by atoms with Crippen LogP contribution in [-0.2, 0) is 73.4 Å². The van der Waals surface area contributed by atoms with Gasteiger partial charge in [-0.05, 0) is 228 Å². The summed E-state index contributed by atoms with van der Waals surface area (Å²) in [5.74, 6) is -2.45. The van der Waals surface area contributed by atoms with Crippen LogP contribution in [0.2, 0.25) is 0 Å². The maximum Gasteiger partial charge on any atom is 0.411 e. The highest BCUT2D eigenvalue weighted by Crippen LogP contribution is 2.57. The van der Waals surface area contributed by atoms with Crippen LogP contribution in [0.5, 0.6) is 0 Å². The number of carbonyl (C=O) groups is 1. The smallest absolute Gasteiger partial charge is 0.289 e. The molecule has 0 bridgehead atoms. The van der Waals surface area contributed by atoms with E-state index in [1.165, 1.54) is 79.2 Å². The maximum atomic E-state index is 14.2. The molecule has 0 fully saturated rings. The minimum Gasteiger partial charge on any atom is -0.289 e. The van der Waals surface area contributed by atoms with Gasteiger partial charge in [-0.3, -0.25) is 14.8 Å². The first kappa shape index (κ1) is 113. The Morgan fingerprint density at radius 2 is 0.474 bits per heavy atom. The molecule has 133 heavy (non-hydrogen) atoms. The van der Waals surface area contributed by atoms with Gasteiger partial charge in [-0.2, -0.15) is 26.3 Å². The molecule has 0 saturated carbocycles. The third-order valence-electron chi connectivity index (χ3n) is 22.8. The molecule has 5 nitrogen and oxygen atoms in total. The van der Waals surface area contributed by atoms with Gasteiger partial charge in [-0.1, -0.05) is 419 Å². The van der Waals surface area contributed by atoms with Crippen molar-refractivity contribution >= 4 is 37.2 Å². The third kappa shape index (κ3) is 33.7. The summed E-state index contributed by atoms with van der Waals surface area (Å²) in [6.07, 6.45) is -3.12. The molecule has 0 unspecified atom stereocenters. The number of aromatic nitrogens is 2. The summed E-state index contributed by atoms with van der Waals surface area (Å²) in [6, 6.07) is 66.0. The fraction of sp³-hybridized carbons (Fsp3) is 0.487. The van der Waals surface area contributed by atoms with Crippen molar-refractivity contribution < 1.29 is 48.3 Å². The number of sulfone groups is 1. The Morgan fingerprint density at radius 1 is 0.263 bits per heavy atom. The fourth-order valence-electron chi connectivity index (χ4n) is 16.3. The molecular formula is C119H158F8N2O3S. The molecule has 0 atom stereocenters. The zero-order chi connectivity index (χ0) is 101. The molecule has 0 aliphatic heterocycles. The summed E-state index contributed by atoms with van der Waals surface area (Å²) in [5, 5.41) is 5.74. The molecule has 2 heterocycles. The van der Waals surface area contributed by atoms with Crippen molar-refractivity contribution in [2.24, 2.45) is 32.5 Å². The van der Waals surface area contributed by atoms with Crippen molar-refractivity contribution in [3.05, 3.63) is 309 Å². The number of carbonyl (C=O) groups excluding carboxylic acids is 1. The van der Waals surface area contributed by atoms with Crippen LogP contribution in [0.25, 0.3) is 32.9 Å². The van der Waals surface area contributed by atoms with Crippen LogP contribution < -0.4 is 0 Å². The number of pyridine rings is 2. The van der Waals surface area contributed by atoms with Gasteiger partial charge in [-0.25, -0.2) is 17.2 Å². The number of halogens is 8. The van der Waals surface area contributed by atoms with Gasteiger partial charge in [0.15, 0.2) is 5.78 Å². The van der Waals surface area contributed by atoms with E-state index in [0.29, 0.717) is 20.9 Å². The Hall–Kier alpha value is -9.14. The Morgan fingerprint density at radius 3 is 0.677 bits per heavy atom. The second kappa shape index (κ2) is 42.2. The topological polar surface area (TPSA) is 77.0 Å². The Balaban J connectivity index is 0.000000248. The third-order valence-corrected chi connectivity index (χ3v) is 24.6. The van der Waals surface area contributed by atoms with Crippen LogP contribution >= 0.6 is 0 Å². The molecule has 0 spiro atoms. The summed E-state index contributed by atoms with van der Waals surface area (Å²) in [7, 11) is -3.46. The Bertz CT molecular complexity index is 5310. The molecular weight excluding hydrogens is 1690 g/mol. The lowest BCUT2D eigenvalue weighted by molar-refractivity contribution is -0.288. The molecule has 0 aliphatic carbocycles. The van der Waals surface area contributed by atoms with Gasteiger partial charge in [-0.15, -0.1) is 0 Å². The number of nitrogens with zero attached hydrogens (tertiary/aromatic N) is 2. The fourth-order valence-corrected chi connectivity index (χ4v) is 17.5. The summed E-state index contributed by atoms with van der Waals surface area (Å²) in [6.45, 7) is 75.4. The molecule has 2 aromatic heterocycles. The molecule has 9 aromatic carbocycles. The SMILES string of the molecule is CC(C)(C)CC(F)(F)CC(C)(C)C.CC(C)(C)Cc1c2ccccc2c(CC(C)(C)C)c2ccccc12.CC(C)(C)Cc1ccnc(-c2cc(CC(C)(C)C)ccn2)c1.CC(C)(C)c1ccc(C(=O)c2ccc(C(C)(C)C)cc2)cc1.CC(C)(C)c1ccc(C(c2ccc(C(C)(C)C)cc2)(C(F)(F)F)C(F)(F)F)cc1.CC(C)(C)c1ccc(S(=O)(=O)c2ccc(C(C)(C)C)cc2)cc1. The highest BCUT2D eigenvalue weighted by molar-refractivity contribution is 7.91. The Labute approximate surface area is 796 Å². The second-order valence-corrected chi connectivity index (χ2v) is 51.8. The second-order valence-electron chi connectivity index (χ2n) is 49.9. The number of hydrogen-bond donors (Lipinski definition) is 0. The molecule has 0 N–H and O–H groups in total. The van der Waals surface area contributed by atoms with E-state index in [0.717, 1.165) is 83.6 Å². The number of alkyl halides is 8. The molecule has 0 saturated heterocycles. The van der Waals surface area contributed by atoms with Crippen LogP contribution in [0.3, 0.4) is 0 Å². The van der Waals surface area contributed by atoms with Crippen molar-refractivity contribution in [3.8, 4) is 11.4 Å². The highest BCUT2D eigenvalue weighted by atomic mass is 32.2. The summed E-state index contributed by atoms with van der Waals surface area (Å²) >= 11 is 0. The molecule has 0 radical (unpaired) electrons. The van der Waals surface area contributed by atoms with E-state index in [9.17, 15) is 48.3 Å². The van der Waals surface area contributed by atoms with E-state index in [-0.39, 0.29) is 72.8 Å². The highest BCUT2D eigenvalue weighted by Gasteiger charge is 2.72. The standard InChI is InChI=1S/C24H30.C23H26F6.C21H26O.C20H28N2.C20H26O2S.C11H22F2/c1-23(2,3)15-21-17-11-7-9-13-19(17)22(16-24(4,5)6)20-14-10-8-12-18(20)21;1-19(2,3)15-7-11-17(12-8-15)21(22(24,25)26,23(27,28)29)18-13-9-16(10-14-18)20(4,5)6;1-20(2,3)17-11-7-15(8-12-17)19(22)16-9-13-18(14-10-16)21(4,5)6;1-19(2,3)13-15-7-9-21-17(11-15)18-12-16(8-10-22-18)14-20(4,5)6;1-19(2,3)15-7-11-17(12-8-15)23(21,22)18-13-9-16(10-14-18)20(4,5)6;1-9(2,3)7-11(12,13)8-10(4,5)6/h7-14H,15-16H2,1-6H3;7-14H,1-6H3;7-14H,1-6H3;7-12H,13-14H2,1-6H3;7-14H,1-6H3;7-8H2,1-6H3. The van der Waals surface area contributed by atoms with Gasteiger partial charge < -0.3 is 0 Å². The van der Waals surface area contributed by atoms with Crippen LogP contribution in [0, 0.1) is 32.5 Å². The predicted molar refractivity (Wildman–Crippen MR) is 547 cm³/mol. The van der Waals surface area contributed by atoms with Crippen LogP contribution in [0.1, 0.15) is 345 Å². The van der Waals surface area contributed by atoms with Crippen molar-refractivity contribution in [2.45, 2.75) is 354 Å². The number of ketones is 1. The van der Waals surface area contributed by atoms with Crippen LogP contribution in [0.4, 0.5) is 35.1 Å². The van der Waals surface area contributed by atoms with E-state index < -0.39 is 55.5 Å². The van der Waals surface area contributed by atoms with Gasteiger partial charge in [0.1, 0.15) is 0 Å². The van der Waals surface area contributed by atoms with Gasteiger partial charge in [0, 0.05) is 36.4 Å². The lowest BCUT2D eigenvalue weighted by Gasteiger charge is -2.39. The molecule has 14 heteroatoms. The van der Waals surface area contributed by atoms with E-state index in [1.54, 1.807) is 24.3 Å². The van der Waals surface area contributed by atoms with E-state index in [1.807, 2.05) is 144 Å². The molecule has 11 rings (SSSR count). The molecule has 0 amide bonds. The largest absolute Gasteiger partial charge is 0.411 e. The molecule has 11 aromatic rings. The number of hydrogen-bond acceptors (Lipinski definition) is 5. The zero-order valence-electron chi connectivity index (χ0n) is 87.2. The zero-order valence-corrected chi connectivity index (χ0v) is 88.0. The lowest BCUT2D eigenvalue weighted by Crippen LogP contribution is -2.54. The number of fused-ring (bicyclic) bond motifs is 2. The van der Waals surface area contributed by atoms with Crippen molar-refractivity contribution in [1.82, 2.24) is 9.97 Å². The van der Waals surface area contributed by atoms with E-state index in [4.69, 9.17) is 0 Å². The van der Waals surface area contributed by atoms with Crippen LogP contribution in [0.15, 0.2) is 241 Å². The van der Waals surface area contributed by atoms with Gasteiger partial charge in [0.05, 0.1) is 21.2 Å². The minimum atomic E-state index is -5.57. The van der Waals surface area contributed by atoms with Crippen molar-refractivity contribution in [2.75, 3.05) is 0 Å². The first-order valence-corrected chi connectivity index (χ1v) is 48.4. The van der Waals surface area contributed by atoms with Gasteiger partial charge in [0.25, 0.3) is 0 Å². The number of rotatable bonds is 13. The summed E-state index contributed by atoms with van der Waals surface area (Å²) < 4.78 is 137. The van der Waals surface area contributed by atoms with Crippen LogP contribution in [-0.4, -0.2) is 42.4 Å². The summed E-state index contributed by atoms with van der Waals surface area (Å²) in [4.78, 5) is 22.3. The average molecular weight is 1850 g/mol. The lowest BCUT2D eigenvalue weighted by atomic mass is 9.71. The normalized spacial score (nSPS) is 13.2. The van der Waals surface area contributed by atoms with E-state index >= 15 is 0 Å². The van der Waals surface area contributed by atoms with Gasteiger partial charge in [0.2, 0.25) is 21.2 Å². The van der Waals surface area contributed by atoms with Crippen molar-refractivity contribution in [1.29, 1.82) is 0 Å². The Kier molecular flexibility index (Phi) is 35.7. The first-order valence-electron chi connectivity index (χ1n) is 46.9. The molecule has 0 aliphatic rings. The van der Waals surface area contributed by atoms with E-state index in [2.05, 4.69) is 273 Å². The van der Waals surface area contributed by atoms with Crippen molar-refractivity contribution in [3.63, 3.8) is 0 Å². The van der Waals surface area contributed by atoms with Gasteiger partial charge >= 0.3 is 12.4 Å². The first-order chi connectivity index (χ1) is 60.1. The average Bonchev–Trinajstić information content (AvgIpc) is 0.738. The minimum absolute atomic E-state index is 0.0106.